The van der Waals surface area contributed by atoms with Gasteiger partial charge in [-0.2, -0.15) is 10.2 Å². The first kappa shape index (κ1) is 16.0. The summed E-state index contributed by atoms with van der Waals surface area (Å²) in [5.74, 6) is 1.27. The normalized spacial score (nSPS) is 15.7. The molecule has 0 bridgehead atoms. The Morgan fingerprint density at radius 3 is 2.85 bits per heavy atom. The number of nitrogens with one attached hydrogen (secondary N) is 1. The number of aromatic nitrogens is 3. The Labute approximate surface area is 151 Å². The monoisotopic (exact) mass is 343 g/mol. The van der Waals surface area contributed by atoms with E-state index in [4.69, 9.17) is 5.26 Å². The molecule has 1 aromatic heterocycles. The number of nitriles is 1. The van der Waals surface area contributed by atoms with E-state index in [-0.39, 0.29) is 5.91 Å². The van der Waals surface area contributed by atoms with E-state index in [0.717, 1.165) is 30.8 Å². The van der Waals surface area contributed by atoms with E-state index in [1.165, 1.54) is 0 Å². The predicted molar refractivity (Wildman–Crippen MR) is 96.6 cm³/mol. The number of aryl methyl sites for hydroxylation is 1. The van der Waals surface area contributed by atoms with Crippen LogP contribution in [0.1, 0.15) is 39.6 Å². The number of hydrogen-bond acceptors (Lipinski definition) is 4. The molecule has 1 unspecified atom stereocenters. The molecule has 0 radical (unpaired) electrons. The van der Waals surface area contributed by atoms with Gasteiger partial charge in [0, 0.05) is 18.5 Å². The summed E-state index contributed by atoms with van der Waals surface area (Å²) in [6.45, 7) is 0.741. The average molecular weight is 343 g/mol. The van der Waals surface area contributed by atoms with Crippen LogP contribution in [0.25, 0.3) is 0 Å². The van der Waals surface area contributed by atoms with Crippen LogP contribution in [-0.2, 0) is 13.0 Å². The Morgan fingerprint density at radius 1 is 1.19 bits per heavy atom. The molecule has 2 aromatic carbocycles. The third kappa shape index (κ3) is 3.20. The maximum absolute atomic E-state index is 12.3. The Balaban J connectivity index is 1.50. The fourth-order valence-corrected chi connectivity index (χ4v) is 3.27. The highest BCUT2D eigenvalue weighted by Gasteiger charge is 2.24. The van der Waals surface area contributed by atoms with E-state index in [2.05, 4.69) is 27.5 Å². The smallest absolute Gasteiger partial charge is 0.258 e. The minimum atomic E-state index is -0.216. The lowest BCUT2D eigenvalue weighted by molar-refractivity contribution is 0.102. The van der Waals surface area contributed by atoms with E-state index in [9.17, 15) is 4.79 Å². The van der Waals surface area contributed by atoms with Gasteiger partial charge in [0.15, 0.2) is 0 Å². The average Bonchev–Trinajstić information content (AvgIpc) is 3.10. The summed E-state index contributed by atoms with van der Waals surface area (Å²) in [4.78, 5) is 16.7. The Hall–Kier alpha value is -3.46. The molecule has 0 saturated heterocycles. The van der Waals surface area contributed by atoms with Gasteiger partial charge in [-0.25, -0.2) is 4.68 Å². The van der Waals surface area contributed by atoms with Crippen LogP contribution in [0, 0.1) is 11.3 Å². The Bertz CT molecular complexity index is 987. The van der Waals surface area contributed by atoms with E-state index in [1.807, 2.05) is 41.1 Å². The number of carbonyl (C=O) groups is 1. The van der Waals surface area contributed by atoms with Crippen molar-refractivity contribution in [3.05, 3.63) is 77.1 Å². The fourth-order valence-electron chi connectivity index (χ4n) is 3.27. The molecule has 0 saturated carbocycles. The van der Waals surface area contributed by atoms with Crippen molar-refractivity contribution >= 4 is 11.9 Å². The summed E-state index contributed by atoms with van der Waals surface area (Å²) >= 11 is 0. The van der Waals surface area contributed by atoms with Gasteiger partial charge in [0.2, 0.25) is 5.95 Å². The summed E-state index contributed by atoms with van der Waals surface area (Å²) in [6.07, 6.45) is 1.67. The first-order valence-electron chi connectivity index (χ1n) is 8.53. The maximum Gasteiger partial charge on any atom is 0.258 e. The van der Waals surface area contributed by atoms with Gasteiger partial charge in [0.1, 0.15) is 5.82 Å². The fraction of sp³-hybridized carbons (Fsp3) is 0.200. The van der Waals surface area contributed by atoms with Gasteiger partial charge < -0.3 is 0 Å². The second-order valence-electron chi connectivity index (χ2n) is 6.32. The lowest BCUT2D eigenvalue weighted by Gasteiger charge is -2.22. The zero-order chi connectivity index (χ0) is 17.9. The van der Waals surface area contributed by atoms with Crippen LogP contribution in [-0.4, -0.2) is 20.7 Å². The molecule has 0 aliphatic carbocycles. The van der Waals surface area contributed by atoms with Crippen molar-refractivity contribution in [3.63, 3.8) is 0 Å². The highest BCUT2D eigenvalue weighted by Crippen LogP contribution is 2.29. The molecule has 4 rings (SSSR count). The number of anilines is 1. The minimum Gasteiger partial charge on any atom is -0.289 e. The number of fused-ring (bicyclic) bond motifs is 1. The molecule has 128 valence electrons. The van der Waals surface area contributed by atoms with Gasteiger partial charge in [-0.05, 0) is 42.2 Å². The summed E-state index contributed by atoms with van der Waals surface area (Å²) < 4.78 is 1.85. The van der Waals surface area contributed by atoms with Gasteiger partial charge in [0.25, 0.3) is 5.91 Å². The quantitative estimate of drug-likeness (QED) is 0.792. The molecule has 6 nitrogen and oxygen atoms in total. The Morgan fingerprint density at radius 2 is 2.04 bits per heavy atom. The van der Waals surface area contributed by atoms with Crippen LogP contribution < -0.4 is 5.32 Å². The lowest BCUT2D eigenvalue weighted by Crippen LogP contribution is -2.19. The van der Waals surface area contributed by atoms with Gasteiger partial charge in [-0.15, -0.1) is 5.10 Å². The summed E-state index contributed by atoms with van der Waals surface area (Å²) in [6, 6.07) is 18.9. The zero-order valence-corrected chi connectivity index (χ0v) is 14.1. The van der Waals surface area contributed by atoms with Crippen LogP contribution in [0.5, 0.6) is 0 Å². The van der Waals surface area contributed by atoms with Crippen LogP contribution >= 0.6 is 0 Å². The largest absolute Gasteiger partial charge is 0.289 e. The molecule has 1 atom stereocenters. The zero-order valence-electron chi connectivity index (χ0n) is 14.1. The van der Waals surface area contributed by atoms with Crippen molar-refractivity contribution in [2.45, 2.75) is 25.3 Å². The number of carbonyl (C=O) groups excluding carboxylic acids is 1. The first-order valence-corrected chi connectivity index (χ1v) is 8.53. The van der Waals surface area contributed by atoms with Crippen molar-refractivity contribution in [2.75, 3.05) is 5.32 Å². The van der Waals surface area contributed by atoms with Crippen molar-refractivity contribution < 1.29 is 4.79 Å². The van der Waals surface area contributed by atoms with Gasteiger partial charge >= 0.3 is 0 Å². The number of rotatable bonds is 3. The topological polar surface area (TPSA) is 83.6 Å². The van der Waals surface area contributed by atoms with E-state index >= 15 is 0 Å². The molecule has 26 heavy (non-hydrogen) atoms. The second-order valence-corrected chi connectivity index (χ2v) is 6.32. The summed E-state index contributed by atoms with van der Waals surface area (Å²) in [5, 5.41) is 16.2. The molecule has 0 fully saturated rings. The van der Waals surface area contributed by atoms with Crippen LogP contribution in [0.3, 0.4) is 0 Å². The van der Waals surface area contributed by atoms with Crippen molar-refractivity contribution in [1.29, 1.82) is 5.26 Å². The third-order valence-corrected chi connectivity index (χ3v) is 4.62. The molecule has 1 N–H and O–H groups in total. The summed E-state index contributed by atoms with van der Waals surface area (Å²) in [5.41, 5.74) is 2.39. The molecule has 6 heteroatoms. The highest BCUT2D eigenvalue weighted by atomic mass is 16.1. The van der Waals surface area contributed by atoms with Gasteiger partial charge in [-0.3, -0.25) is 10.1 Å². The van der Waals surface area contributed by atoms with E-state index < -0.39 is 0 Å². The maximum atomic E-state index is 12.3. The van der Waals surface area contributed by atoms with Crippen molar-refractivity contribution in [1.82, 2.24) is 14.8 Å². The SMILES string of the molecule is N#Cc1cccc(C2CCn3nc(NC(=O)c4ccccc4)nc3C2)c1. The first-order chi connectivity index (χ1) is 12.7. The van der Waals surface area contributed by atoms with E-state index in [1.54, 1.807) is 12.1 Å². The number of amides is 1. The predicted octanol–water partition coefficient (Wildman–Crippen LogP) is 3.13. The van der Waals surface area contributed by atoms with Gasteiger partial charge in [-0.1, -0.05) is 30.3 Å². The molecule has 3 aromatic rings. The molecule has 2 heterocycles. The highest BCUT2D eigenvalue weighted by molar-refractivity contribution is 6.03. The number of benzene rings is 2. The van der Waals surface area contributed by atoms with Crippen LogP contribution in [0.4, 0.5) is 5.95 Å². The molecular formula is C20H17N5O. The molecule has 1 aliphatic rings. The minimum absolute atomic E-state index is 0.216. The molecular weight excluding hydrogens is 326 g/mol. The molecule has 1 aliphatic heterocycles. The van der Waals surface area contributed by atoms with Crippen LogP contribution in [0.2, 0.25) is 0 Å². The number of hydrogen-bond donors (Lipinski definition) is 1. The third-order valence-electron chi connectivity index (χ3n) is 4.62. The second kappa shape index (κ2) is 6.81. The standard InChI is InChI=1S/C20H17N5O/c21-13-14-5-4-8-16(11-14)17-9-10-25-18(12-17)22-20(24-25)23-19(26)15-6-2-1-3-7-15/h1-8,11,17H,9-10,12H2,(H,23,24,26). The summed E-state index contributed by atoms with van der Waals surface area (Å²) in [7, 11) is 0. The Kier molecular flexibility index (Phi) is 4.20. The van der Waals surface area contributed by atoms with Gasteiger partial charge in [0.05, 0.1) is 11.6 Å². The van der Waals surface area contributed by atoms with Crippen LogP contribution in [0.15, 0.2) is 54.6 Å². The molecule has 0 spiro atoms. The van der Waals surface area contributed by atoms with Crippen molar-refractivity contribution in [3.8, 4) is 6.07 Å². The lowest BCUT2D eigenvalue weighted by atomic mass is 9.89. The van der Waals surface area contributed by atoms with E-state index in [0.29, 0.717) is 23.0 Å². The molecule has 1 amide bonds. The number of nitrogens with zero attached hydrogens (tertiary/aromatic N) is 4. The van der Waals surface area contributed by atoms with Crippen molar-refractivity contribution in [2.24, 2.45) is 0 Å².